The maximum atomic E-state index is 12.4. The fourth-order valence-corrected chi connectivity index (χ4v) is 3.78. The molecule has 1 amide bonds. The predicted octanol–water partition coefficient (Wildman–Crippen LogP) is 3.92. The van der Waals surface area contributed by atoms with Gasteiger partial charge in [0, 0.05) is 24.1 Å². The van der Waals surface area contributed by atoms with Crippen LogP contribution in [0.25, 0.3) is 0 Å². The highest BCUT2D eigenvalue weighted by Crippen LogP contribution is 2.18. The summed E-state index contributed by atoms with van der Waals surface area (Å²) in [6, 6.07) is 17.4. The lowest BCUT2D eigenvalue weighted by Crippen LogP contribution is -2.15. The van der Waals surface area contributed by atoms with Gasteiger partial charge in [0.25, 0.3) is 10.0 Å². The highest BCUT2D eigenvalue weighted by Gasteiger charge is 2.15. The minimum atomic E-state index is -3.87. The lowest BCUT2D eigenvalue weighted by atomic mass is 10.1. The highest BCUT2D eigenvalue weighted by molar-refractivity contribution is 7.92. The molecule has 0 unspecified atom stereocenters. The number of rotatable bonds is 9. The van der Waals surface area contributed by atoms with E-state index in [1.165, 1.54) is 36.4 Å². The number of ketones is 1. The smallest absolute Gasteiger partial charge is 0.263 e. The minimum Gasteiger partial charge on any atom is -0.326 e. The molecule has 0 aliphatic carbocycles. The summed E-state index contributed by atoms with van der Waals surface area (Å²) in [6.45, 7) is 0. The fraction of sp³-hybridized carbons (Fsp3) is 0.143. The molecule has 2 N–H and O–H groups in total. The number of anilines is 2. The van der Waals surface area contributed by atoms with Crippen LogP contribution in [-0.4, -0.2) is 30.3 Å². The maximum Gasteiger partial charge on any atom is 0.263 e. The molecule has 0 atom stereocenters. The van der Waals surface area contributed by atoms with Crippen molar-refractivity contribution in [3.63, 3.8) is 0 Å². The molecule has 3 rings (SSSR count). The highest BCUT2D eigenvalue weighted by atomic mass is 35.5. The number of benzene rings is 2. The number of sulfonamides is 1. The normalized spacial score (nSPS) is 11.0. The minimum absolute atomic E-state index is 0.00398. The van der Waals surface area contributed by atoms with E-state index in [-0.39, 0.29) is 40.4 Å². The Labute approximate surface area is 184 Å². The molecule has 0 radical (unpaired) electrons. The van der Waals surface area contributed by atoms with E-state index in [0.717, 1.165) is 0 Å². The van der Waals surface area contributed by atoms with Crippen molar-refractivity contribution in [1.82, 2.24) is 10.2 Å². The summed E-state index contributed by atoms with van der Waals surface area (Å²) in [7, 11) is -3.87. The molecule has 1 heterocycles. The van der Waals surface area contributed by atoms with Crippen LogP contribution in [-0.2, 0) is 14.8 Å². The van der Waals surface area contributed by atoms with Gasteiger partial charge < -0.3 is 5.32 Å². The third-order valence-corrected chi connectivity index (χ3v) is 5.79. The zero-order valence-electron chi connectivity index (χ0n) is 16.3. The zero-order valence-corrected chi connectivity index (χ0v) is 17.9. The van der Waals surface area contributed by atoms with E-state index >= 15 is 0 Å². The number of amides is 1. The van der Waals surface area contributed by atoms with E-state index in [9.17, 15) is 18.0 Å². The third kappa shape index (κ3) is 6.59. The lowest BCUT2D eigenvalue weighted by molar-refractivity contribution is -0.116. The Hall–Kier alpha value is -3.30. The van der Waals surface area contributed by atoms with Crippen LogP contribution in [0.3, 0.4) is 0 Å². The molecule has 0 bridgehead atoms. The van der Waals surface area contributed by atoms with Crippen LogP contribution in [0, 0.1) is 0 Å². The number of nitrogens with zero attached hydrogens (tertiary/aromatic N) is 2. The third-order valence-electron chi connectivity index (χ3n) is 4.22. The summed E-state index contributed by atoms with van der Waals surface area (Å²) < 4.78 is 27.1. The fourth-order valence-electron chi connectivity index (χ4n) is 2.69. The zero-order chi connectivity index (χ0) is 22.3. The second-order valence-electron chi connectivity index (χ2n) is 6.56. The number of carbonyl (C=O) groups excluding carboxylic acids is 2. The van der Waals surface area contributed by atoms with Gasteiger partial charge in [0.15, 0.2) is 16.8 Å². The van der Waals surface area contributed by atoms with Crippen molar-refractivity contribution in [2.45, 2.75) is 24.2 Å². The Morgan fingerprint density at radius 1 is 0.871 bits per heavy atom. The SMILES string of the molecule is O=C(CCCC(=O)c1ccccc1)Nc1ccc(S(=O)(=O)Nc2ccc(Cl)nn2)cc1. The summed E-state index contributed by atoms with van der Waals surface area (Å²) in [5.41, 5.74) is 1.07. The van der Waals surface area contributed by atoms with Crippen molar-refractivity contribution in [3.8, 4) is 0 Å². The molecule has 0 saturated carbocycles. The van der Waals surface area contributed by atoms with Gasteiger partial charge in [-0.05, 0) is 42.8 Å². The summed E-state index contributed by atoms with van der Waals surface area (Å²) in [4.78, 5) is 24.2. The summed E-state index contributed by atoms with van der Waals surface area (Å²) >= 11 is 5.63. The average Bonchev–Trinajstić information content (AvgIpc) is 2.76. The Morgan fingerprint density at radius 3 is 2.23 bits per heavy atom. The van der Waals surface area contributed by atoms with E-state index < -0.39 is 10.0 Å². The second kappa shape index (κ2) is 10.1. The maximum absolute atomic E-state index is 12.4. The summed E-state index contributed by atoms with van der Waals surface area (Å²) in [6.07, 6.45) is 0.862. The Bertz CT molecular complexity index is 1150. The van der Waals surface area contributed by atoms with Crippen LogP contribution >= 0.6 is 11.6 Å². The van der Waals surface area contributed by atoms with Gasteiger partial charge in [-0.3, -0.25) is 14.3 Å². The molecular weight excluding hydrogens is 440 g/mol. The van der Waals surface area contributed by atoms with Crippen molar-refractivity contribution < 1.29 is 18.0 Å². The van der Waals surface area contributed by atoms with Crippen LogP contribution in [0.4, 0.5) is 11.5 Å². The number of hydrogen-bond donors (Lipinski definition) is 2. The average molecular weight is 459 g/mol. The molecule has 3 aromatic rings. The van der Waals surface area contributed by atoms with Crippen LogP contribution in [0.1, 0.15) is 29.6 Å². The van der Waals surface area contributed by atoms with E-state index in [4.69, 9.17) is 11.6 Å². The van der Waals surface area contributed by atoms with Crippen molar-refractivity contribution in [2.75, 3.05) is 10.0 Å². The first-order chi connectivity index (χ1) is 14.8. The number of carbonyl (C=O) groups is 2. The molecule has 8 nitrogen and oxygen atoms in total. The molecular formula is C21H19ClN4O4S. The number of aromatic nitrogens is 2. The van der Waals surface area contributed by atoms with Crippen molar-refractivity contribution in [3.05, 3.63) is 77.4 Å². The summed E-state index contributed by atoms with van der Waals surface area (Å²) in [5.74, 6) is -0.237. The van der Waals surface area contributed by atoms with E-state index in [1.807, 2.05) is 6.07 Å². The van der Waals surface area contributed by atoms with Crippen molar-refractivity contribution >= 4 is 44.8 Å². The van der Waals surface area contributed by atoms with Crippen LogP contribution < -0.4 is 10.0 Å². The van der Waals surface area contributed by atoms with Gasteiger partial charge in [-0.1, -0.05) is 41.9 Å². The first-order valence-electron chi connectivity index (χ1n) is 9.34. The van der Waals surface area contributed by atoms with Crippen LogP contribution in [0.5, 0.6) is 0 Å². The van der Waals surface area contributed by atoms with Gasteiger partial charge in [0.05, 0.1) is 4.90 Å². The van der Waals surface area contributed by atoms with Crippen molar-refractivity contribution in [1.29, 1.82) is 0 Å². The Morgan fingerprint density at radius 2 is 1.58 bits per heavy atom. The summed E-state index contributed by atoms with van der Waals surface area (Å²) in [5, 5.41) is 10.1. The van der Waals surface area contributed by atoms with E-state index in [2.05, 4.69) is 20.2 Å². The second-order valence-corrected chi connectivity index (χ2v) is 8.63. The first kappa shape index (κ1) is 22.4. The van der Waals surface area contributed by atoms with Gasteiger partial charge in [-0.25, -0.2) is 8.42 Å². The molecule has 10 heteroatoms. The van der Waals surface area contributed by atoms with E-state index in [0.29, 0.717) is 17.7 Å². The Kier molecular flexibility index (Phi) is 7.32. The number of nitrogens with one attached hydrogen (secondary N) is 2. The monoisotopic (exact) mass is 458 g/mol. The molecule has 160 valence electrons. The molecule has 0 saturated heterocycles. The van der Waals surface area contributed by atoms with Gasteiger partial charge >= 0.3 is 0 Å². The lowest BCUT2D eigenvalue weighted by Gasteiger charge is -2.09. The molecule has 0 aliphatic heterocycles. The van der Waals surface area contributed by atoms with Crippen molar-refractivity contribution in [2.24, 2.45) is 0 Å². The first-order valence-corrected chi connectivity index (χ1v) is 11.2. The van der Waals surface area contributed by atoms with Gasteiger partial charge in [-0.2, -0.15) is 0 Å². The topological polar surface area (TPSA) is 118 Å². The van der Waals surface area contributed by atoms with Gasteiger partial charge in [0.1, 0.15) is 0 Å². The quantitative estimate of drug-likeness (QED) is 0.469. The van der Waals surface area contributed by atoms with Gasteiger partial charge in [0.2, 0.25) is 5.91 Å². The number of Topliss-reactive ketones (excluding diaryl/α,β-unsaturated/α-hetero) is 1. The van der Waals surface area contributed by atoms with Gasteiger partial charge in [-0.15, -0.1) is 10.2 Å². The molecule has 1 aromatic heterocycles. The predicted molar refractivity (Wildman–Crippen MR) is 118 cm³/mol. The standard InChI is InChI=1S/C21H19ClN4O4S/c22-19-13-14-20(25-24-19)26-31(29,30)17-11-9-16(10-12-17)23-21(28)8-4-7-18(27)15-5-2-1-3-6-15/h1-3,5-6,9-14H,4,7-8H2,(H,23,28)(H,25,26). The molecule has 31 heavy (non-hydrogen) atoms. The number of halogens is 1. The largest absolute Gasteiger partial charge is 0.326 e. The number of hydrogen-bond acceptors (Lipinski definition) is 6. The van der Waals surface area contributed by atoms with Crippen LogP contribution in [0.2, 0.25) is 5.15 Å². The molecule has 0 spiro atoms. The molecule has 0 fully saturated rings. The molecule has 0 aliphatic rings. The van der Waals surface area contributed by atoms with E-state index in [1.54, 1.807) is 24.3 Å². The molecule has 2 aromatic carbocycles. The van der Waals surface area contributed by atoms with Crippen LogP contribution in [0.15, 0.2) is 71.6 Å². The Balaban J connectivity index is 1.50.